The van der Waals surface area contributed by atoms with Crippen molar-refractivity contribution in [1.82, 2.24) is 0 Å². The van der Waals surface area contributed by atoms with Gasteiger partial charge in [0.05, 0.1) is 11.5 Å². The smallest absolute Gasteiger partial charge is 0.302 e. The quantitative estimate of drug-likeness (QED) is 0.430. The average molecular weight is 209 g/mol. The highest BCUT2D eigenvalue weighted by molar-refractivity contribution is 5.65. The summed E-state index contributed by atoms with van der Waals surface area (Å²) in [6.45, 7) is 1.64. The molecule has 0 heterocycles. The lowest BCUT2D eigenvalue weighted by molar-refractivity contribution is -0.384. The van der Waals surface area contributed by atoms with Crippen LogP contribution in [0, 0.1) is 10.1 Å². The fourth-order valence-electron chi connectivity index (χ4n) is 1.10. The molecule has 5 nitrogen and oxygen atoms in total. The zero-order valence-corrected chi connectivity index (χ0v) is 8.30. The Morgan fingerprint density at radius 1 is 1.40 bits per heavy atom. The highest BCUT2D eigenvalue weighted by atomic mass is 16.6. The number of benzene rings is 1. The van der Waals surface area contributed by atoms with Crippen LogP contribution in [0.25, 0.3) is 0 Å². The number of nitro groups is 1. The van der Waals surface area contributed by atoms with Gasteiger partial charge < -0.3 is 4.74 Å². The van der Waals surface area contributed by atoms with Gasteiger partial charge in [0.2, 0.25) is 0 Å². The van der Waals surface area contributed by atoms with Crippen molar-refractivity contribution < 1.29 is 14.5 Å². The van der Waals surface area contributed by atoms with Gasteiger partial charge in [-0.1, -0.05) is 12.1 Å². The van der Waals surface area contributed by atoms with Crippen molar-refractivity contribution in [3.8, 4) is 0 Å². The van der Waals surface area contributed by atoms with E-state index in [0.29, 0.717) is 13.0 Å². The van der Waals surface area contributed by atoms with E-state index < -0.39 is 4.92 Å². The molecule has 0 N–H and O–H groups in total. The standard InChI is InChI=1S/C10H11NO4/c1-8(12)15-7-6-9-2-4-10(5-3-9)11(13)14/h2-5H,6-7H2,1H3. The maximum absolute atomic E-state index is 10.5. The molecular formula is C10H11NO4. The van der Waals surface area contributed by atoms with Gasteiger partial charge in [-0.3, -0.25) is 14.9 Å². The molecule has 0 saturated carbocycles. The van der Waals surface area contributed by atoms with Crippen LogP contribution >= 0.6 is 0 Å². The zero-order valence-electron chi connectivity index (χ0n) is 8.30. The van der Waals surface area contributed by atoms with E-state index in [0.717, 1.165) is 5.56 Å². The zero-order chi connectivity index (χ0) is 11.3. The summed E-state index contributed by atoms with van der Waals surface area (Å²) in [4.78, 5) is 20.4. The molecule has 0 spiro atoms. The van der Waals surface area contributed by atoms with E-state index in [2.05, 4.69) is 0 Å². The van der Waals surface area contributed by atoms with Gasteiger partial charge in [0.25, 0.3) is 5.69 Å². The second kappa shape index (κ2) is 5.09. The Labute approximate surface area is 86.8 Å². The molecule has 15 heavy (non-hydrogen) atoms. The Morgan fingerprint density at radius 2 is 2.00 bits per heavy atom. The number of ether oxygens (including phenoxy) is 1. The number of hydrogen-bond donors (Lipinski definition) is 0. The molecule has 0 aliphatic heterocycles. The molecule has 80 valence electrons. The molecule has 0 atom stereocenters. The Morgan fingerprint density at radius 3 is 2.47 bits per heavy atom. The summed E-state index contributed by atoms with van der Waals surface area (Å²) in [5.41, 5.74) is 0.966. The Balaban J connectivity index is 2.50. The monoisotopic (exact) mass is 209 g/mol. The third kappa shape index (κ3) is 3.76. The third-order valence-electron chi connectivity index (χ3n) is 1.84. The van der Waals surface area contributed by atoms with E-state index >= 15 is 0 Å². The summed E-state index contributed by atoms with van der Waals surface area (Å²) in [5.74, 6) is -0.322. The first kappa shape index (κ1) is 11.2. The number of non-ortho nitro benzene ring substituents is 1. The van der Waals surface area contributed by atoms with Crippen LogP contribution in [0.3, 0.4) is 0 Å². The van der Waals surface area contributed by atoms with E-state index in [9.17, 15) is 14.9 Å². The van der Waals surface area contributed by atoms with Crippen LogP contribution in [0.2, 0.25) is 0 Å². The van der Waals surface area contributed by atoms with Crippen LogP contribution in [0.15, 0.2) is 24.3 Å². The Kier molecular flexibility index (Phi) is 3.79. The fourth-order valence-corrected chi connectivity index (χ4v) is 1.10. The largest absolute Gasteiger partial charge is 0.466 e. The van der Waals surface area contributed by atoms with Crippen molar-refractivity contribution in [2.75, 3.05) is 6.61 Å². The number of hydrogen-bond acceptors (Lipinski definition) is 4. The van der Waals surface area contributed by atoms with E-state index in [1.54, 1.807) is 12.1 Å². The van der Waals surface area contributed by atoms with Gasteiger partial charge >= 0.3 is 5.97 Å². The van der Waals surface area contributed by atoms with Crippen LogP contribution < -0.4 is 0 Å². The fraction of sp³-hybridized carbons (Fsp3) is 0.300. The second-order valence-electron chi connectivity index (χ2n) is 3.01. The lowest BCUT2D eigenvalue weighted by atomic mass is 10.1. The Hall–Kier alpha value is -1.91. The predicted octanol–water partition coefficient (Wildman–Crippen LogP) is 1.70. The van der Waals surface area contributed by atoms with Gasteiger partial charge in [-0.15, -0.1) is 0 Å². The van der Waals surface area contributed by atoms with Crippen molar-refractivity contribution in [3.05, 3.63) is 39.9 Å². The van der Waals surface area contributed by atoms with Gasteiger partial charge in [0.1, 0.15) is 0 Å². The number of carbonyl (C=O) groups is 1. The summed E-state index contributed by atoms with van der Waals surface area (Å²) in [6.07, 6.45) is 0.567. The van der Waals surface area contributed by atoms with Crippen LogP contribution in [-0.2, 0) is 16.0 Å². The molecular weight excluding hydrogens is 198 g/mol. The maximum atomic E-state index is 10.5. The molecule has 0 fully saturated rings. The number of nitro benzene ring substituents is 1. The molecule has 0 bridgehead atoms. The molecule has 1 rings (SSSR count). The number of rotatable bonds is 4. The van der Waals surface area contributed by atoms with Crippen LogP contribution in [0.1, 0.15) is 12.5 Å². The molecule has 0 aromatic heterocycles. The van der Waals surface area contributed by atoms with Crippen molar-refractivity contribution >= 4 is 11.7 Å². The topological polar surface area (TPSA) is 69.4 Å². The van der Waals surface area contributed by atoms with Crippen molar-refractivity contribution in [3.63, 3.8) is 0 Å². The Bertz CT molecular complexity index is 358. The SMILES string of the molecule is CC(=O)OCCc1ccc([N+](=O)[O-])cc1. The molecule has 1 aromatic carbocycles. The first-order chi connectivity index (χ1) is 7.09. The van der Waals surface area contributed by atoms with Crippen LogP contribution in [-0.4, -0.2) is 17.5 Å². The number of esters is 1. The average Bonchev–Trinajstić information content (AvgIpc) is 2.18. The molecule has 0 aliphatic carbocycles. The predicted molar refractivity (Wildman–Crippen MR) is 53.4 cm³/mol. The molecule has 0 amide bonds. The molecule has 0 radical (unpaired) electrons. The minimum atomic E-state index is -0.449. The third-order valence-corrected chi connectivity index (χ3v) is 1.84. The summed E-state index contributed by atoms with van der Waals surface area (Å²) in [5, 5.41) is 10.4. The van der Waals surface area contributed by atoms with Crippen LogP contribution in [0.4, 0.5) is 5.69 Å². The molecule has 1 aromatic rings. The highest BCUT2D eigenvalue weighted by Gasteiger charge is 2.03. The van der Waals surface area contributed by atoms with E-state index in [1.807, 2.05) is 0 Å². The van der Waals surface area contributed by atoms with E-state index in [-0.39, 0.29) is 11.7 Å². The van der Waals surface area contributed by atoms with Gasteiger partial charge in [-0.25, -0.2) is 0 Å². The van der Waals surface area contributed by atoms with E-state index in [1.165, 1.54) is 19.1 Å². The van der Waals surface area contributed by atoms with Gasteiger partial charge in [0.15, 0.2) is 0 Å². The van der Waals surface area contributed by atoms with Crippen molar-refractivity contribution in [1.29, 1.82) is 0 Å². The van der Waals surface area contributed by atoms with Crippen molar-refractivity contribution in [2.45, 2.75) is 13.3 Å². The summed E-state index contributed by atoms with van der Waals surface area (Å²) >= 11 is 0. The second-order valence-corrected chi connectivity index (χ2v) is 3.01. The minimum Gasteiger partial charge on any atom is -0.466 e. The van der Waals surface area contributed by atoms with Gasteiger partial charge in [-0.2, -0.15) is 0 Å². The molecule has 0 saturated heterocycles. The molecule has 0 unspecified atom stereocenters. The van der Waals surface area contributed by atoms with E-state index in [4.69, 9.17) is 4.74 Å². The lowest BCUT2D eigenvalue weighted by Gasteiger charge is -2.01. The van der Waals surface area contributed by atoms with Crippen molar-refractivity contribution in [2.24, 2.45) is 0 Å². The van der Waals surface area contributed by atoms with Gasteiger partial charge in [0, 0.05) is 25.5 Å². The summed E-state index contributed by atoms with van der Waals surface area (Å²) in [6, 6.07) is 6.18. The maximum Gasteiger partial charge on any atom is 0.302 e. The number of carbonyl (C=O) groups excluding carboxylic acids is 1. The summed E-state index contributed by atoms with van der Waals surface area (Å²) in [7, 11) is 0. The first-order valence-electron chi connectivity index (χ1n) is 4.46. The molecule has 5 heteroatoms. The summed E-state index contributed by atoms with van der Waals surface area (Å²) < 4.78 is 4.75. The normalized spacial score (nSPS) is 9.67. The lowest BCUT2D eigenvalue weighted by Crippen LogP contribution is -2.03. The van der Waals surface area contributed by atoms with Crippen LogP contribution in [0.5, 0.6) is 0 Å². The number of nitrogens with zero attached hydrogens (tertiary/aromatic N) is 1. The molecule has 0 aliphatic rings. The minimum absolute atomic E-state index is 0.0613. The highest BCUT2D eigenvalue weighted by Crippen LogP contribution is 2.12. The van der Waals surface area contributed by atoms with Gasteiger partial charge in [-0.05, 0) is 5.56 Å². The first-order valence-corrected chi connectivity index (χ1v) is 4.46.